The van der Waals surface area contributed by atoms with E-state index in [0.717, 1.165) is 11.6 Å². The number of aliphatic hydroxyl groups is 1. The standard InChI is InChI=1S/C27H27F3N4O4/c1-17-5-8-24(31-14-17)34-19(15-35)16-38-25-20(3-2-4-23(25)34)26(36)32-18-6-7-22(21(13-18)27(28,29)30)33-9-11-37-12-10-33/h2-8,13-14,19,35H,9-12,15-16H2,1H3,(H,32,36)/t19-/m0/s1. The van der Waals surface area contributed by atoms with E-state index < -0.39 is 23.7 Å². The van der Waals surface area contributed by atoms with E-state index in [1.165, 1.54) is 12.1 Å². The van der Waals surface area contributed by atoms with Gasteiger partial charge in [-0.15, -0.1) is 0 Å². The summed E-state index contributed by atoms with van der Waals surface area (Å²) in [7, 11) is 0. The van der Waals surface area contributed by atoms with Gasteiger partial charge in [-0.2, -0.15) is 13.2 Å². The maximum Gasteiger partial charge on any atom is 0.418 e. The maximum absolute atomic E-state index is 13.9. The molecule has 0 spiro atoms. The van der Waals surface area contributed by atoms with Crippen molar-refractivity contribution >= 4 is 28.8 Å². The number of carbonyl (C=O) groups is 1. The first kappa shape index (κ1) is 25.8. The number of anilines is 4. The first-order valence-electron chi connectivity index (χ1n) is 12.2. The molecule has 2 N–H and O–H groups in total. The number of nitrogens with zero attached hydrogens (tertiary/aromatic N) is 3. The number of hydrogen-bond acceptors (Lipinski definition) is 7. The van der Waals surface area contributed by atoms with Crippen molar-refractivity contribution in [2.75, 3.05) is 54.6 Å². The highest BCUT2D eigenvalue weighted by Crippen LogP contribution is 2.42. The summed E-state index contributed by atoms with van der Waals surface area (Å²) < 4.78 is 53.0. The van der Waals surface area contributed by atoms with Gasteiger partial charge < -0.3 is 29.7 Å². The molecule has 0 saturated carbocycles. The molecule has 38 heavy (non-hydrogen) atoms. The maximum atomic E-state index is 13.9. The largest absolute Gasteiger partial charge is 0.488 e. The van der Waals surface area contributed by atoms with Crippen LogP contribution in [0.2, 0.25) is 0 Å². The molecule has 5 rings (SSSR count). The van der Waals surface area contributed by atoms with Gasteiger partial charge in [-0.05, 0) is 48.9 Å². The number of ether oxygens (including phenoxy) is 2. The number of carbonyl (C=O) groups excluding carboxylic acids is 1. The zero-order valence-electron chi connectivity index (χ0n) is 20.7. The Balaban J connectivity index is 1.46. The van der Waals surface area contributed by atoms with E-state index in [-0.39, 0.29) is 35.9 Å². The molecule has 0 aliphatic carbocycles. The van der Waals surface area contributed by atoms with Crippen LogP contribution in [0.4, 0.5) is 36.1 Å². The number of para-hydroxylation sites is 1. The van der Waals surface area contributed by atoms with Gasteiger partial charge >= 0.3 is 6.18 Å². The van der Waals surface area contributed by atoms with E-state index in [4.69, 9.17) is 9.47 Å². The molecule has 2 aromatic carbocycles. The Labute approximate surface area is 217 Å². The lowest BCUT2D eigenvalue weighted by Crippen LogP contribution is -2.43. The van der Waals surface area contributed by atoms with Crippen molar-refractivity contribution in [1.82, 2.24) is 4.98 Å². The normalized spacial score (nSPS) is 17.6. The summed E-state index contributed by atoms with van der Waals surface area (Å²) in [5.74, 6) is 0.219. The van der Waals surface area contributed by atoms with Gasteiger partial charge in [-0.1, -0.05) is 12.1 Å². The Hall–Kier alpha value is -3.83. The van der Waals surface area contributed by atoms with Crippen LogP contribution in [0.5, 0.6) is 5.75 Å². The van der Waals surface area contributed by atoms with Crippen molar-refractivity contribution in [2.45, 2.75) is 19.1 Å². The molecule has 3 heterocycles. The molecule has 2 aliphatic rings. The molecule has 0 bridgehead atoms. The molecule has 2 aliphatic heterocycles. The van der Waals surface area contributed by atoms with Crippen molar-refractivity contribution in [2.24, 2.45) is 0 Å². The number of amides is 1. The lowest BCUT2D eigenvalue weighted by atomic mass is 10.1. The molecule has 1 atom stereocenters. The lowest BCUT2D eigenvalue weighted by Gasteiger charge is -2.37. The van der Waals surface area contributed by atoms with E-state index >= 15 is 0 Å². The number of alkyl halides is 3. The number of rotatable bonds is 5. The molecule has 1 aromatic heterocycles. The first-order chi connectivity index (χ1) is 18.3. The fourth-order valence-electron chi connectivity index (χ4n) is 4.66. The summed E-state index contributed by atoms with van der Waals surface area (Å²) in [5, 5.41) is 12.5. The Kier molecular flexibility index (Phi) is 7.13. The van der Waals surface area contributed by atoms with Crippen molar-refractivity contribution in [3.8, 4) is 5.75 Å². The number of pyridine rings is 1. The number of aliphatic hydroxyl groups excluding tert-OH is 1. The number of benzene rings is 2. The van der Waals surface area contributed by atoms with Gasteiger partial charge in [-0.25, -0.2) is 4.98 Å². The second kappa shape index (κ2) is 10.5. The average Bonchev–Trinajstić information content (AvgIpc) is 2.92. The van der Waals surface area contributed by atoms with Crippen LogP contribution in [0.1, 0.15) is 21.5 Å². The van der Waals surface area contributed by atoms with Crippen LogP contribution in [0.25, 0.3) is 0 Å². The summed E-state index contributed by atoms with van der Waals surface area (Å²) in [6, 6.07) is 12.0. The summed E-state index contributed by atoms with van der Waals surface area (Å²) in [6.07, 6.45) is -2.90. The molecule has 1 amide bonds. The third kappa shape index (κ3) is 5.11. The third-order valence-corrected chi connectivity index (χ3v) is 6.55. The SMILES string of the molecule is Cc1ccc(N2c3cccc(C(=O)Nc4ccc(N5CCOCC5)c(C(F)(F)F)c4)c3OC[C@@H]2CO)nc1. The van der Waals surface area contributed by atoms with Gasteiger partial charge in [0.2, 0.25) is 0 Å². The predicted molar refractivity (Wildman–Crippen MR) is 136 cm³/mol. The Morgan fingerprint density at radius 3 is 2.61 bits per heavy atom. The topological polar surface area (TPSA) is 87.2 Å². The molecule has 1 fully saturated rings. The first-order valence-corrected chi connectivity index (χ1v) is 12.2. The van der Waals surface area contributed by atoms with Gasteiger partial charge in [0.1, 0.15) is 12.4 Å². The highest BCUT2D eigenvalue weighted by atomic mass is 19.4. The van der Waals surface area contributed by atoms with Crippen LogP contribution in [-0.4, -0.2) is 61.6 Å². The third-order valence-electron chi connectivity index (χ3n) is 6.55. The zero-order valence-corrected chi connectivity index (χ0v) is 20.7. The summed E-state index contributed by atoms with van der Waals surface area (Å²) >= 11 is 0. The monoisotopic (exact) mass is 528 g/mol. The Morgan fingerprint density at radius 1 is 1.13 bits per heavy atom. The number of hydrogen-bond donors (Lipinski definition) is 2. The van der Waals surface area contributed by atoms with Crippen molar-refractivity contribution in [1.29, 1.82) is 0 Å². The number of morpholine rings is 1. The van der Waals surface area contributed by atoms with Gasteiger partial charge in [0.15, 0.2) is 5.75 Å². The summed E-state index contributed by atoms with van der Waals surface area (Å²) in [6.45, 7) is 3.19. The van der Waals surface area contributed by atoms with Crippen LogP contribution in [0, 0.1) is 6.92 Å². The van der Waals surface area contributed by atoms with E-state index in [1.54, 1.807) is 34.2 Å². The number of halogens is 3. The predicted octanol–water partition coefficient (Wildman–Crippen LogP) is 4.39. The van der Waals surface area contributed by atoms with Crippen LogP contribution in [-0.2, 0) is 10.9 Å². The zero-order chi connectivity index (χ0) is 26.9. The number of aryl methyl sites for hydroxylation is 1. The molecule has 0 unspecified atom stereocenters. The molecule has 11 heteroatoms. The molecule has 8 nitrogen and oxygen atoms in total. The van der Waals surface area contributed by atoms with E-state index in [0.29, 0.717) is 37.8 Å². The van der Waals surface area contributed by atoms with Crippen LogP contribution in [0.15, 0.2) is 54.7 Å². The minimum atomic E-state index is -4.61. The molecule has 3 aromatic rings. The second-order valence-corrected chi connectivity index (χ2v) is 9.15. The second-order valence-electron chi connectivity index (χ2n) is 9.15. The highest BCUT2D eigenvalue weighted by molar-refractivity contribution is 6.07. The molecular formula is C27H27F3N4O4. The summed E-state index contributed by atoms with van der Waals surface area (Å²) in [5.41, 5.74) is 0.882. The van der Waals surface area contributed by atoms with Gasteiger partial charge in [-0.3, -0.25) is 4.79 Å². The fourth-order valence-corrected chi connectivity index (χ4v) is 4.66. The summed E-state index contributed by atoms with van der Waals surface area (Å²) in [4.78, 5) is 21.2. The number of nitrogens with one attached hydrogen (secondary N) is 1. The van der Waals surface area contributed by atoms with E-state index in [1.807, 2.05) is 19.1 Å². The minimum Gasteiger partial charge on any atom is -0.488 e. The van der Waals surface area contributed by atoms with Crippen LogP contribution < -0.4 is 19.9 Å². The molecular weight excluding hydrogens is 501 g/mol. The number of fused-ring (bicyclic) bond motifs is 1. The molecule has 0 radical (unpaired) electrons. The van der Waals surface area contributed by atoms with Crippen LogP contribution in [0.3, 0.4) is 0 Å². The lowest BCUT2D eigenvalue weighted by molar-refractivity contribution is -0.137. The van der Waals surface area contributed by atoms with E-state index in [2.05, 4.69) is 10.3 Å². The van der Waals surface area contributed by atoms with Gasteiger partial charge in [0.25, 0.3) is 5.91 Å². The molecule has 200 valence electrons. The highest BCUT2D eigenvalue weighted by Gasteiger charge is 2.36. The van der Waals surface area contributed by atoms with Crippen LogP contribution >= 0.6 is 0 Å². The smallest absolute Gasteiger partial charge is 0.418 e. The van der Waals surface area contributed by atoms with E-state index in [9.17, 15) is 23.1 Å². The van der Waals surface area contributed by atoms with Gasteiger partial charge in [0.05, 0.1) is 42.7 Å². The number of aromatic nitrogens is 1. The Morgan fingerprint density at radius 2 is 1.92 bits per heavy atom. The quantitative estimate of drug-likeness (QED) is 0.508. The average molecular weight is 529 g/mol. The van der Waals surface area contributed by atoms with Gasteiger partial charge in [0, 0.05) is 30.7 Å². The Bertz CT molecular complexity index is 1310. The minimum absolute atomic E-state index is 0.0121. The fraction of sp³-hybridized carbons (Fsp3) is 0.333. The molecule has 1 saturated heterocycles. The van der Waals surface area contributed by atoms with Crippen molar-refractivity contribution < 1.29 is 32.5 Å². The van der Waals surface area contributed by atoms with Crippen molar-refractivity contribution in [3.05, 3.63) is 71.4 Å². The van der Waals surface area contributed by atoms with Crippen molar-refractivity contribution in [3.63, 3.8) is 0 Å².